The molecule has 0 unspecified atom stereocenters. The first kappa shape index (κ1) is 17.1. The molecule has 0 atom stereocenters. The first-order valence-electron chi connectivity index (χ1n) is 0.752. The van der Waals surface area contributed by atoms with Crippen molar-refractivity contribution in [3.05, 3.63) is 20.2 Å². The van der Waals surface area contributed by atoms with Gasteiger partial charge in [-0.1, -0.05) is 5.59 Å². The third kappa shape index (κ3) is 23.6. The molecule has 0 amide bonds. The molecule has 5 N–H and O–H groups in total. The van der Waals surface area contributed by atoms with Gasteiger partial charge in [-0.3, -0.25) is 0 Å². The van der Waals surface area contributed by atoms with E-state index in [-0.39, 0.29) is 6.15 Å². The van der Waals surface area contributed by atoms with Crippen molar-refractivity contribution < 1.29 is 5.09 Å². The summed E-state index contributed by atoms with van der Waals surface area (Å²) in [4.78, 5) is 15.8. The second kappa shape index (κ2) is 21.7. The summed E-state index contributed by atoms with van der Waals surface area (Å²) in [6, 6.07) is 0. The molecule has 0 fully saturated rings. The molecule has 0 aliphatic rings. The number of hydrogen-bond donors (Lipinski definition) is 2. The standard InChI is InChI=1S/NO3.HNO.H3N/c2-1(3)4;1-2;/h;1H;1H3/q-1;;/p+1. The van der Waals surface area contributed by atoms with Crippen LogP contribution in [0.25, 0.3) is 0 Å². The molecule has 7 heavy (non-hydrogen) atoms. The molecule has 0 saturated carbocycles. The van der Waals surface area contributed by atoms with E-state index >= 15 is 0 Å². The molecular formula is H5N3O4. The Morgan fingerprint density at radius 1 is 1.29 bits per heavy atom. The fourth-order valence-corrected chi connectivity index (χ4v) is 0. The summed E-state index contributed by atoms with van der Waals surface area (Å²) in [6.07, 6.45) is 0. The van der Waals surface area contributed by atoms with E-state index in [1.54, 1.807) is 0 Å². The van der Waals surface area contributed by atoms with Gasteiger partial charge in [0.1, 0.15) is 0 Å². The molecule has 0 aliphatic heterocycles. The Hall–Kier alpha value is -1.24. The lowest BCUT2D eigenvalue weighted by Crippen LogP contribution is -1.74. The number of nitrogens with one attached hydrogen (secondary N) is 1. The van der Waals surface area contributed by atoms with Crippen LogP contribution in [0.3, 0.4) is 0 Å². The van der Waals surface area contributed by atoms with Crippen molar-refractivity contribution >= 4 is 0 Å². The van der Waals surface area contributed by atoms with Gasteiger partial charge in [0.25, 0.3) is 0 Å². The average Bonchev–Trinajstić information content (AvgIpc) is 1.41. The van der Waals surface area contributed by atoms with Gasteiger partial charge in [0.2, 0.25) is 0 Å². The molecule has 0 spiro atoms. The topological polar surface area (TPSA) is 144 Å². The van der Waals surface area contributed by atoms with Crippen molar-refractivity contribution in [3.63, 3.8) is 0 Å². The zero-order valence-corrected chi connectivity index (χ0v) is 3.58. The van der Waals surface area contributed by atoms with Crippen LogP contribution < -0.4 is 6.15 Å². The van der Waals surface area contributed by atoms with E-state index in [0.29, 0.717) is 0 Å². The van der Waals surface area contributed by atoms with Gasteiger partial charge in [-0.05, 0) is 0 Å². The van der Waals surface area contributed by atoms with E-state index in [1.807, 2.05) is 0 Å². The van der Waals surface area contributed by atoms with Gasteiger partial charge in [-0.2, -0.15) is 4.91 Å². The number of rotatable bonds is 0. The predicted molar refractivity (Wildman–Crippen MR) is 22.4 cm³/mol. The molecule has 0 aromatic rings. The first-order chi connectivity index (χ1) is 2.73. The summed E-state index contributed by atoms with van der Waals surface area (Å²) in [6.45, 7) is 0. The SMILES string of the molecule is N=O.O=[N+]([O-])[O-].[NH4+]. The van der Waals surface area contributed by atoms with E-state index < -0.39 is 5.09 Å². The number of hydrogen-bond acceptors (Lipinski definition) is 5. The number of nitrogens with zero attached hydrogens (tertiary/aromatic N) is 1. The zero-order chi connectivity index (χ0) is 5.58. The van der Waals surface area contributed by atoms with Gasteiger partial charge in [0.15, 0.2) is 0 Å². The number of quaternary nitrogens is 1. The summed E-state index contributed by atoms with van der Waals surface area (Å²) in [5.41, 5.74) is 4.50. The lowest BCUT2D eigenvalue weighted by Gasteiger charge is -1.74. The quantitative estimate of drug-likeness (QED) is 0.266. The molecule has 44 valence electrons. The van der Waals surface area contributed by atoms with Gasteiger partial charge in [-0.15, -0.1) is 0 Å². The largest absolute Gasteiger partial charge is 0.369 e. The first-order valence-corrected chi connectivity index (χ1v) is 0.752. The van der Waals surface area contributed by atoms with Crippen LogP contribution in [0.5, 0.6) is 0 Å². The molecule has 0 heterocycles. The molecule has 0 rings (SSSR count). The molecule has 7 heteroatoms. The Morgan fingerprint density at radius 3 is 1.29 bits per heavy atom. The van der Waals surface area contributed by atoms with Crippen LogP contribution in [-0.2, 0) is 0 Å². The van der Waals surface area contributed by atoms with Gasteiger partial charge in [0, 0.05) is 0 Å². The second-order valence-corrected chi connectivity index (χ2v) is 0.224. The normalized spacial score (nSPS) is 4.00. The van der Waals surface area contributed by atoms with Crippen LogP contribution in [0.2, 0.25) is 0 Å². The zero-order valence-electron chi connectivity index (χ0n) is 3.58. The third-order valence-corrected chi connectivity index (χ3v) is 0. The third-order valence-electron chi connectivity index (χ3n) is 0. The number of nitroso groups, excluding NO2 is 1. The molecule has 0 aliphatic carbocycles. The van der Waals surface area contributed by atoms with Crippen LogP contribution in [0, 0.1) is 25.8 Å². The molecule has 0 aromatic heterocycles. The summed E-state index contributed by atoms with van der Waals surface area (Å²) in [7, 11) is 0. The Labute approximate surface area is 38.4 Å². The summed E-state index contributed by atoms with van der Waals surface area (Å²) < 4.78 is 0. The van der Waals surface area contributed by atoms with Gasteiger partial charge in [-0.25, -0.2) is 0 Å². The van der Waals surface area contributed by atoms with Crippen LogP contribution in [0.1, 0.15) is 0 Å². The maximum atomic E-state index is 8.25. The molecule has 0 aromatic carbocycles. The highest BCUT2D eigenvalue weighted by molar-refractivity contribution is 4.03. The van der Waals surface area contributed by atoms with E-state index in [4.69, 9.17) is 20.2 Å². The molecular weight excluding hydrogens is 106 g/mol. The molecule has 0 bridgehead atoms. The van der Waals surface area contributed by atoms with E-state index in [1.165, 1.54) is 0 Å². The molecule has 0 saturated heterocycles. The highest BCUT2D eigenvalue weighted by Crippen LogP contribution is 1.44. The van der Waals surface area contributed by atoms with E-state index in [9.17, 15) is 0 Å². The summed E-state index contributed by atoms with van der Waals surface area (Å²) in [5, 5.41) is 14.8. The van der Waals surface area contributed by atoms with Crippen molar-refractivity contribution in [2.75, 3.05) is 0 Å². The Bertz CT molecular complexity index is 38.2. The molecule has 7 nitrogen and oxygen atoms in total. The lowest BCUT2D eigenvalue weighted by atomic mass is 13.1. The van der Waals surface area contributed by atoms with Gasteiger partial charge >= 0.3 is 0 Å². The minimum absolute atomic E-state index is 0. The Balaban J connectivity index is -0.0000000480. The van der Waals surface area contributed by atoms with Gasteiger partial charge < -0.3 is 21.5 Å². The van der Waals surface area contributed by atoms with Crippen LogP contribution in [0.15, 0.2) is 0 Å². The lowest BCUT2D eigenvalue weighted by molar-refractivity contribution is -0.402. The predicted octanol–water partition coefficient (Wildman–Crippen LogP) is 0.469. The van der Waals surface area contributed by atoms with Crippen LogP contribution in [0.4, 0.5) is 0 Å². The fraction of sp³-hybridized carbons (Fsp3) is 0. The van der Waals surface area contributed by atoms with E-state index in [2.05, 4.69) is 5.59 Å². The smallest absolute Gasteiger partial charge is 0.0689 e. The van der Waals surface area contributed by atoms with Crippen molar-refractivity contribution in [1.82, 2.24) is 6.15 Å². The maximum Gasteiger partial charge on any atom is 0.0689 e. The van der Waals surface area contributed by atoms with Gasteiger partial charge in [0.05, 0.1) is 5.09 Å². The van der Waals surface area contributed by atoms with Crippen molar-refractivity contribution in [3.8, 4) is 0 Å². The maximum absolute atomic E-state index is 8.25. The highest BCUT2D eigenvalue weighted by Gasteiger charge is 1.45. The van der Waals surface area contributed by atoms with Crippen LogP contribution >= 0.6 is 0 Å². The van der Waals surface area contributed by atoms with E-state index in [0.717, 1.165) is 0 Å². The Kier molecular flexibility index (Phi) is 53.2. The summed E-state index contributed by atoms with van der Waals surface area (Å²) >= 11 is 0. The summed E-state index contributed by atoms with van der Waals surface area (Å²) in [5.74, 6) is 0. The van der Waals surface area contributed by atoms with Crippen molar-refractivity contribution in [2.45, 2.75) is 0 Å². The second-order valence-electron chi connectivity index (χ2n) is 0.224. The molecule has 0 radical (unpaired) electrons. The van der Waals surface area contributed by atoms with Crippen molar-refractivity contribution in [2.24, 2.45) is 0 Å². The highest BCUT2D eigenvalue weighted by atomic mass is 16.9. The van der Waals surface area contributed by atoms with Crippen molar-refractivity contribution in [1.29, 1.82) is 5.59 Å². The Morgan fingerprint density at radius 2 is 1.29 bits per heavy atom. The average molecular weight is 111 g/mol. The van der Waals surface area contributed by atoms with Crippen LogP contribution in [-0.4, -0.2) is 5.09 Å². The minimum atomic E-state index is -1.75. The monoisotopic (exact) mass is 111 g/mol. The minimum Gasteiger partial charge on any atom is -0.369 e. The fourth-order valence-electron chi connectivity index (χ4n) is 0.